The van der Waals surface area contributed by atoms with Gasteiger partial charge < -0.3 is 14.9 Å². The third-order valence-electron chi connectivity index (χ3n) is 8.10. The number of hydrogen-bond acceptors (Lipinski definition) is 4. The average molecular weight is 515 g/mol. The summed E-state index contributed by atoms with van der Waals surface area (Å²) in [7, 11) is 0. The van der Waals surface area contributed by atoms with E-state index in [0.29, 0.717) is 40.3 Å². The van der Waals surface area contributed by atoms with Crippen molar-refractivity contribution < 1.29 is 19.2 Å². The van der Waals surface area contributed by atoms with Crippen LogP contribution in [0.15, 0.2) is 22.7 Å². The van der Waals surface area contributed by atoms with Crippen molar-refractivity contribution in [3.8, 4) is 0 Å². The molecule has 0 unspecified atom stereocenters. The Morgan fingerprint density at radius 2 is 1.97 bits per heavy atom. The zero-order valence-corrected chi connectivity index (χ0v) is 22.7. The van der Waals surface area contributed by atoms with Crippen LogP contribution in [0.25, 0.3) is 0 Å². The van der Waals surface area contributed by atoms with Crippen LogP contribution in [0.4, 0.5) is 5.69 Å². The molecule has 2 aliphatic rings. The van der Waals surface area contributed by atoms with Crippen molar-refractivity contribution in [2.75, 3.05) is 5.32 Å². The second-order valence-electron chi connectivity index (χ2n) is 11.7. The van der Waals surface area contributed by atoms with Crippen LogP contribution in [0.5, 0.6) is 0 Å². The SMILES string of the molecule is CCC(C)(C)CC1CC(c2onc([C@@H](CCC(=O)O)CC(=O)Nc3ccc(C)cc3Cl)c2C2CC2)C1. The average Bonchev–Trinajstić information content (AvgIpc) is 3.54. The minimum Gasteiger partial charge on any atom is -0.481 e. The molecule has 196 valence electrons. The van der Waals surface area contributed by atoms with E-state index in [4.69, 9.17) is 16.1 Å². The zero-order chi connectivity index (χ0) is 26.0. The molecular weight excluding hydrogens is 476 g/mol. The summed E-state index contributed by atoms with van der Waals surface area (Å²) in [5.74, 6) is 1.09. The summed E-state index contributed by atoms with van der Waals surface area (Å²) in [4.78, 5) is 24.4. The van der Waals surface area contributed by atoms with Crippen molar-refractivity contribution in [2.45, 2.75) is 103 Å². The van der Waals surface area contributed by atoms with Gasteiger partial charge in [-0.05, 0) is 80.4 Å². The maximum atomic E-state index is 13.0. The normalized spacial score (nSPS) is 20.6. The lowest BCUT2D eigenvalue weighted by Crippen LogP contribution is -2.27. The molecular formula is C29H39ClN2O4. The van der Waals surface area contributed by atoms with Gasteiger partial charge in [-0.1, -0.05) is 50.0 Å². The van der Waals surface area contributed by atoms with Gasteiger partial charge >= 0.3 is 5.97 Å². The first-order valence-electron chi connectivity index (χ1n) is 13.3. The van der Waals surface area contributed by atoms with E-state index < -0.39 is 5.97 Å². The van der Waals surface area contributed by atoms with Gasteiger partial charge in [-0.15, -0.1) is 0 Å². The van der Waals surface area contributed by atoms with E-state index >= 15 is 0 Å². The third-order valence-corrected chi connectivity index (χ3v) is 8.41. The highest BCUT2D eigenvalue weighted by Crippen LogP contribution is 2.53. The Balaban J connectivity index is 1.50. The van der Waals surface area contributed by atoms with Crippen molar-refractivity contribution in [1.29, 1.82) is 0 Å². The number of carboxylic acids is 1. The summed E-state index contributed by atoms with van der Waals surface area (Å²) in [6.07, 6.45) is 7.28. The van der Waals surface area contributed by atoms with Crippen molar-refractivity contribution in [3.63, 3.8) is 0 Å². The molecule has 2 N–H and O–H groups in total. The van der Waals surface area contributed by atoms with E-state index in [-0.39, 0.29) is 24.7 Å². The molecule has 1 heterocycles. The molecule has 1 atom stereocenters. The Morgan fingerprint density at radius 3 is 2.58 bits per heavy atom. The number of aliphatic carboxylic acids is 1. The van der Waals surface area contributed by atoms with E-state index in [2.05, 4.69) is 31.2 Å². The molecule has 0 aliphatic heterocycles. The van der Waals surface area contributed by atoms with Crippen LogP contribution in [0, 0.1) is 18.3 Å². The van der Waals surface area contributed by atoms with Crippen LogP contribution < -0.4 is 5.32 Å². The summed E-state index contributed by atoms with van der Waals surface area (Å²) in [5.41, 5.74) is 3.87. The molecule has 36 heavy (non-hydrogen) atoms. The number of amides is 1. The topological polar surface area (TPSA) is 92.4 Å². The molecule has 0 saturated heterocycles. The van der Waals surface area contributed by atoms with Crippen molar-refractivity contribution >= 4 is 29.2 Å². The zero-order valence-electron chi connectivity index (χ0n) is 21.9. The number of carbonyl (C=O) groups excluding carboxylic acids is 1. The predicted molar refractivity (Wildman–Crippen MR) is 142 cm³/mol. The number of benzene rings is 1. The first kappa shape index (κ1) is 26.7. The van der Waals surface area contributed by atoms with Gasteiger partial charge in [0.05, 0.1) is 16.4 Å². The van der Waals surface area contributed by atoms with Crippen LogP contribution in [0.1, 0.15) is 119 Å². The lowest BCUT2D eigenvalue weighted by atomic mass is 9.66. The number of aryl methyl sites for hydroxylation is 1. The number of rotatable bonds is 12. The van der Waals surface area contributed by atoms with Gasteiger partial charge in [-0.25, -0.2) is 0 Å². The number of carboxylic acid groups (broad SMARTS) is 1. The molecule has 6 nitrogen and oxygen atoms in total. The maximum absolute atomic E-state index is 13.0. The van der Waals surface area contributed by atoms with Gasteiger partial charge in [0.2, 0.25) is 5.91 Å². The van der Waals surface area contributed by atoms with E-state index in [9.17, 15) is 14.7 Å². The smallest absolute Gasteiger partial charge is 0.303 e. The second kappa shape index (κ2) is 11.0. The Kier molecular flexibility index (Phi) is 8.13. The molecule has 1 aromatic heterocycles. The van der Waals surface area contributed by atoms with Gasteiger partial charge in [-0.2, -0.15) is 0 Å². The van der Waals surface area contributed by atoms with Crippen molar-refractivity contribution in [1.82, 2.24) is 5.16 Å². The fraction of sp³-hybridized carbons (Fsp3) is 0.621. The van der Waals surface area contributed by atoms with Crippen molar-refractivity contribution in [2.24, 2.45) is 11.3 Å². The molecule has 0 bridgehead atoms. The molecule has 2 aliphatic carbocycles. The summed E-state index contributed by atoms with van der Waals surface area (Å²) in [5, 5.41) is 17.2. The van der Waals surface area contributed by atoms with Gasteiger partial charge in [-0.3, -0.25) is 9.59 Å². The molecule has 7 heteroatoms. The van der Waals surface area contributed by atoms with E-state index in [1.165, 1.54) is 12.8 Å². The van der Waals surface area contributed by atoms with Crippen LogP contribution >= 0.6 is 11.6 Å². The Morgan fingerprint density at radius 1 is 1.25 bits per heavy atom. The Hall–Kier alpha value is -2.34. The third kappa shape index (κ3) is 6.50. The molecule has 1 amide bonds. The quantitative estimate of drug-likeness (QED) is 0.301. The molecule has 2 aromatic rings. The first-order valence-corrected chi connectivity index (χ1v) is 13.7. The van der Waals surface area contributed by atoms with Crippen LogP contribution in [-0.4, -0.2) is 22.1 Å². The maximum Gasteiger partial charge on any atom is 0.303 e. The summed E-state index contributed by atoms with van der Waals surface area (Å²) in [6, 6.07) is 5.49. The molecule has 4 rings (SSSR count). The molecule has 0 spiro atoms. The largest absolute Gasteiger partial charge is 0.481 e. The van der Waals surface area contributed by atoms with Crippen molar-refractivity contribution in [3.05, 3.63) is 45.8 Å². The standard InChI is InChI=1S/C29H39ClN2O4/c1-5-29(3,4)16-18-13-21(14-18)28-26(19-7-8-19)27(32-36-28)20(9-11-25(34)35)15-24(33)31-23-10-6-17(2)12-22(23)30/h6,10,12,18-21H,5,7-9,11,13-16H2,1-4H3,(H,31,33)(H,34,35)/t18?,20-,21?/m0/s1. The van der Waals surface area contributed by atoms with E-state index in [1.807, 2.05) is 19.1 Å². The Labute approximate surface area is 219 Å². The number of nitrogens with one attached hydrogen (secondary N) is 1. The Bertz CT molecular complexity index is 1100. The summed E-state index contributed by atoms with van der Waals surface area (Å²) < 4.78 is 5.98. The fourth-order valence-corrected chi connectivity index (χ4v) is 5.80. The molecule has 2 saturated carbocycles. The number of anilines is 1. The number of aromatic nitrogens is 1. The van der Waals surface area contributed by atoms with Gasteiger partial charge in [0.25, 0.3) is 0 Å². The van der Waals surface area contributed by atoms with E-state index in [1.54, 1.807) is 6.07 Å². The molecule has 0 radical (unpaired) electrons. The van der Waals surface area contributed by atoms with Crippen LogP contribution in [0.2, 0.25) is 5.02 Å². The number of carbonyl (C=O) groups is 2. The van der Waals surface area contributed by atoms with Gasteiger partial charge in [0.15, 0.2) is 0 Å². The number of halogens is 1. The minimum absolute atomic E-state index is 0.0207. The highest BCUT2D eigenvalue weighted by Gasteiger charge is 2.42. The van der Waals surface area contributed by atoms with Gasteiger partial charge in [0.1, 0.15) is 5.76 Å². The lowest BCUT2D eigenvalue weighted by molar-refractivity contribution is -0.137. The van der Waals surface area contributed by atoms with Crippen LogP contribution in [-0.2, 0) is 9.59 Å². The highest BCUT2D eigenvalue weighted by atomic mass is 35.5. The summed E-state index contributed by atoms with van der Waals surface area (Å²) in [6.45, 7) is 8.87. The minimum atomic E-state index is -0.876. The predicted octanol–water partition coefficient (Wildman–Crippen LogP) is 7.81. The number of hydrogen-bond donors (Lipinski definition) is 2. The second-order valence-corrected chi connectivity index (χ2v) is 12.1. The monoisotopic (exact) mass is 514 g/mol. The number of nitrogens with zero attached hydrogens (tertiary/aromatic N) is 1. The van der Waals surface area contributed by atoms with E-state index in [0.717, 1.165) is 48.3 Å². The van der Waals surface area contributed by atoms with Crippen LogP contribution in [0.3, 0.4) is 0 Å². The molecule has 1 aromatic carbocycles. The molecule has 2 fully saturated rings. The first-order chi connectivity index (χ1) is 17.1. The van der Waals surface area contributed by atoms with Gasteiger partial charge in [0, 0.05) is 30.2 Å². The highest BCUT2D eigenvalue weighted by molar-refractivity contribution is 6.33. The fourth-order valence-electron chi connectivity index (χ4n) is 5.52. The summed E-state index contributed by atoms with van der Waals surface area (Å²) >= 11 is 6.31. The lowest BCUT2D eigenvalue weighted by Gasteiger charge is -2.39.